The highest BCUT2D eigenvalue weighted by atomic mass is 32.1. The van der Waals surface area contributed by atoms with Gasteiger partial charge in [0.05, 0.1) is 11.5 Å². The van der Waals surface area contributed by atoms with Gasteiger partial charge in [-0.15, -0.1) is 11.3 Å². The van der Waals surface area contributed by atoms with E-state index in [4.69, 9.17) is 5.26 Å². The summed E-state index contributed by atoms with van der Waals surface area (Å²) in [6.45, 7) is 11.4. The van der Waals surface area contributed by atoms with Crippen molar-refractivity contribution in [3.05, 3.63) is 21.4 Å². The molecule has 1 aromatic heterocycles. The molecule has 1 atom stereocenters. The molecule has 17 heavy (non-hydrogen) atoms. The van der Waals surface area contributed by atoms with Gasteiger partial charge in [0.25, 0.3) is 0 Å². The maximum absolute atomic E-state index is 8.95. The topological polar surface area (TPSA) is 35.8 Å². The fourth-order valence-corrected chi connectivity index (χ4v) is 2.87. The smallest absolute Gasteiger partial charge is 0.0684 e. The van der Waals surface area contributed by atoms with E-state index in [0.717, 1.165) is 13.0 Å². The Balaban J connectivity index is 2.49. The first-order valence-corrected chi connectivity index (χ1v) is 6.89. The number of hydrogen-bond acceptors (Lipinski definition) is 3. The predicted octanol–water partition coefficient (Wildman–Crippen LogP) is 3.96. The van der Waals surface area contributed by atoms with E-state index in [2.05, 4.69) is 38.2 Å². The fraction of sp³-hybridized carbons (Fsp3) is 0.643. The lowest BCUT2D eigenvalue weighted by molar-refractivity contribution is 0.416. The summed E-state index contributed by atoms with van der Waals surface area (Å²) in [5, 5.41) is 12.4. The third-order valence-corrected chi connectivity index (χ3v) is 4.03. The Kier molecular flexibility index (Phi) is 4.73. The summed E-state index contributed by atoms with van der Waals surface area (Å²) in [6.07, 6.45) is 0.885. The van der Waals surface area contributed by atoms with Crippen LogP contribution in [0.15, 0.2) is 6.07 Å². The lowest BCUT2D eigenvalue weighted by Gasteiger charge is -2.18. The van der Waals surface area contributed by atoms with Gasteiger partial charge in [0.2, 0.25) is 0 Å². The minimum Gasteiger partial charge on any atom is -0.310 e. The quantitative estimate of drug-likeness (QED) is 0.858. The largest absolute Gasteiger partial charge is 0.310 e. The zero-order valence-corrected chi connectivity index (χ0v) is 12.2. The van der Waals surface area contributed by atoms with Crippen molar-refractivity contribution in [2.45, 2.75) is 47.1 Å². The number of nitrogens with one attached hydrogen (secondary N) is 1. The molecule has 0 aliphatic heterocycles. The normalized spacial score (nSPS) is 13.4. The van der Waals surface area contributed by atoms with Gasteiger partial charge in [-0.2, -0.15) is 5.26 Å². The van der Waals surface area contributed by atoms with Crippen molar-refractivity contribution < 1.29 is 0 Å². The predicted molar refractivity (Wildman–Crippen MR) is 74.2 cm³/mol. The molecule has 1 unspecified atom stereocenters. The first-order chi connectivity index (χ1) is 7.85. The summed E-state index contributed by atoms with van der Waals surface area (Å²) >= 11 is 1.85. The summed E-state index contributed by atoms with van der Waals surface area (Å²) in [7, 11) is 0. The van der Waals surface area contributed by atoms with Crippen LogP contribution in [0.3, 0.4) is 0 Å². The molecular formula is C14H22N2S. The Morgan fingerprint density at radius 1 is 1.47 bits per heavy atom. The van der Waals surface area contributed by atoms with Crippen LogP contribution in [-0.4, -0.2) is 6.54 Å². The molecule has 0 saturated heterocycles. The van der Waals surface area contributed by atoms with Crippen molar-refractivity contribution in [1.82, 2.24) is 5.32 Å². The molecule has 0 bridgehead atoms. The average Bonchev–Trinajstić information content (AvgIpc) is 2.57. The summed E-state index contributed by atoms with van der Waals surface area (Å²) in [5.74, 6) is 0. The summed E-state index contributed by atoms with van der Waals surface area (Å²) in [5.41, 5.74) is 1.16. The van der Waals surface area contributed by atoms with Crippen LogP contribution >= 0.6 is 11.3 Å². The zero-order chi connectivity index (χ0) is 13.1. The first kappa shape index (κ1) is 14.2. The van der Waals surface area contributed by atoms with Gasteiger partial charge in [0, 0.05) is 15.8 Å². The average molecular weight is 250 g/mol. The van der Waals surface area contributed by atoms with Gasteiger partial charge in [0.1, 0.15) is 0 Å². The number of nitriles is 1. The van der Waals surface area contributed by atoms with Crippen LogP contribution in [0.2, 0.25) is 0 Å². The highest BCUT2D eigenvalue weighted by Crippen LogP contribution is 2.26. The molecule has 3 heteroatoms. The van der Waals surface area contributed by atoms with Crippen molar-refractivity contribution in [1.29, 1.82) is 5.26 Å². The van der Waals surface area contributed by atoms with Crippen molar-refractivity contribution in [3.63, 3.8) is 0 Å². The maximum Gasteiger partial charge on any atom is 0.0684 e. The molecule has 1 aromatic rings. The van der Waals surface area contributed by atoms with Gasteiger partial charge >= 0.3 is 0 Å². The molecule has 0 fully saturated rings. The molecule has 0 aromatic carbocycles. The van der Waals surface area contributed by atoms with Crippen LogP contribution < -0.4 is 5.32 Å². The molecular weight excluding hydrogens is 228 g/mol. The van der Waals surface area contributed by atoms with Crippen LogP contribution in [-0.2, 0) is 0 Å². The third kappa shape index (κ3) is 4.14. The van der Waals surface area contributed by atoms with Gasteiger partial charge in [-0.3, -0.25) is 0 Å². The second-order valence-corrected chi connectivity index (χ2v) is 6.75. The molecule has 0 amide bonds. The molecule has 1 heterocycles. The molecule has 0 spiro atoms. The van der Waals surface area contributed by atoms with Gasteiger partial charge in [-0.1, -0.05) is 0 Å². The number of thiophene rings is 1. The van der Waals surface area contributed by atoms with E-state index in [-0.39, 0.29) is 5.41 Å². The molecule has 0 saturated carbocycles. The summed E-state index contributed by atoms with van der Waals surface area (Å²) < 4.78 is 0. The van der Waals surface area contributed by atoms with Crippen molar-refractivity contribution in [2.75, 3.05) is 6.54 Å². The molecule has 1 N–H and O–H groups in total. The monoisotopic (exact) mass is 250 g/mol. The van der Waals surface area contributed by atoms with E-state index >= 15 is 0 Å². The van der Waals surface area contributed by atoms with Gasteiger partial charge in [-0.05, 0) is 59.2 Å². The highest BCUT2D eigenvalue weighted by molar-refractivity contribution is 7.12. The van der Waals surface area contributed by atoms with Crippen molar-refractivity contribution in [2.24, 2.45) is 5.41 Å². The van der Waals surface area contributed by atoms with E-state index in [0.29, 0.717) is 6.04 Å². The van der Waals surface area contributed by atoms with E-state index in [1.807, 2.05) is 25.2 Å². The Labute approximate surface area is 109 Å². The molecule has 0 radical (unpaired) electrons. The Bertz CT molecular complexity index is 412. The van der Waals surface area contributed by atoms with Crippen LogP contribution in [0.1, 0.15) is 48.6 Å². The number of nitrogens with zero attached hydrogens (tertiary/aromatic N) is 1. The second kappa shape index (κ2) is 5.66. The molecule has 2 nitrogen and oxygen atoms in total. The Hall–Kier alpha value is -0.850. The molecule has 1 rings (SSSR count). The summed E-state index contributed by atoms with van der Waals surface area (Å²) in [6, 6.07) is 4.96. The fourth-order valence-electron chi connectivity index (χ4n) is 1.85. The van der Waals surface area contributed by atoms with Crippen LogP contribution in [0.25, 0.3) is 0 Å². The van der Waals surface area contributed by atoms with E-state index in [1.165, 1.54) is 15.3 Å². The van der Waals surface area contributed by atoms with Crippen LogP contribution in [0.4, 0.5) is 0 Å². The number of rotatable bonds is 5. The molecule has 0 aliphatic rings. The second-order valence-electron chi connectivity index (χ2n) is 5.29. The molecule has 94 valence electrons. The Morgan fingerprint density at radius 2 is 2.12 bits per heavy atom. The minimum absolute atomic E-state index is 0.230. The van der Waals surface area contributed by atoms with E-state index in [1.54, 1.807) is 0 Å². The van der Waals surface area contributed by atoms with Crippen LogP contribution in [0, 0.1) is 30.6 Å². The van der Waals surface area contributed by atoms with Gasteiger partial charge < -0.3 is 5.32 Å². The standard InChI is InChI=1S/C14H22N2S/c1-10-8-13(12(3)17-10)11(2)16-7-6-14(4,5)9-15/h8,11,16H,6-7H2,1-5H3. The first-order valence-electron chi connectivity index (χ1n) is 6.07. The van der Waals surface area contributed by atoms with E-state index < -0.39 is 0 Å². The number of aryl methyl sites for hydroxylation is 2. The molecule has 0 aliphatic carbocycles. The SMILES string of the molecule is Cc1cc(C(C)NCCC(C)(C)C#N)c(C)s1. The van der Waals surface area contributed by atoms with Gasteiger partial charge in [0.15, 0.2) is 0 Å². The minimum atomic E-state index is -0.230. The van der Waals surface area contributed by atoms with Crippen molar-refractivity contribution in [3.8, 4) is 6.07 Å². The lowest BCUT2D eigenvalue weighted by Crippen LogP contribution is -2.24. The zero-order valence-electron chi connectivity index (χ0n) is 11.4. The lowest BCUT2D eigenvalue weighted by atomic mass is 9.91. The van der Waals surface area contributed by atoms with Crippen molar-refractivity contribution >= 4 is 11.3 Å². The maximum atomic E-state index is 8.95. The third-order valence-electron chi connectivity index (χ3n) is 3.05. The Morgan fingerprint density at radius 3 is 2.59 bits per heavy atom. The van der Waals surface area contributed by atoms with Gasteiger partial charge in [-0.25, -0.2) is 0 Å². The summed E-state index contributed by atoms with van der Waals surface area (Å²) in [4.78, 5) is 2.76. The highest BCUT2D eigenvalue weighted by Gasteiger charge is 2.17. The van der Waals surface area contributed by atoms with Crippen LogP contribution in [0.5, 0.6) is 0 Å². The van der Waals surface area contributed by atoms with E-state index in [9.17, 15) is 0 Å². The number of hydrogen-bond donors (Lipinski definition) is 1.